The van der Waals surface area contributed by atoms with Gasteiger partial charge >= 0.3 is 0 Å². The second kappa shape index (κ2) is 10.8. The lowest BCUT2D eigenvalue weighted by atomic mass is 9.93. The molecule has 0 spiro atoms. The Morgan fingerprint density at radius 2 is 1.65 bits per heavy atom. The molecule has 1 N–H and O–H groups in total. The van der Waals surface area contributed by atoms with Crippen LogP contribution in [0, 0.1) is 0 Å². The maximum Gasteiger partial charge on any atom is 0.256 e. The molecule has 2 saturated heterocycles. The molecule has 0 atom stereocenters. The molecule has 2 aliphatic heterocycles. The zero-order valence-electron chi connectivity index (χ0n) is 21.0. The number of fused-ring (bicyclic) bond motifs is 1. The largest absolute Gasteiger partial charge is 0.488 e. The fourth-order valence-electron chi connectivity index (χ4n) is 5.43. The smallest absolute Gasteiger partial charge is 0.256 e. The summed E-state index contributed by atoms with van der Waals surface area (Å²) in [5, 5.41) is 3.44. The van der Waals surface area contributed by atoms with Crippen molar-refractivity contribution in [2.24, 2.45) is 0 Å². The standard InChI is InChI=1S/C27H33N7O3/c35-26(34-9-1-2-10-34)19-17-30-27(31-18-19)32-20-3-5-22(6-4-20)37-24-16-21(33-11-13-36-14-12-33)15-23-25(24)29-8-7-28-23/h7-8,15-18,20,22H,1-6,9-14H2,(H,30,31,32)/t20-,22+. The van der Waals surface area contributed by atoms with Crippen LogP contribution in [0.1, 0.15) is 48.9 Å². The fraction of sp³-hybridized carbons (Fsp3) is 0.519. The molecule has 1 amide bonds. The molecule has 194 valence electrons. The third-order valence-corrected chi connectivity index (χ3v) is 7.49. The zero-order chi connectivity index (χ0) is 25.0. The van der Waals surface area contributed by atoms with Crippen molar-refractivity contribution >= 4 is 28.6 Å². The van der Waals surface area contributed by atoms with Gasteiger partial charge in [0, 0.05) is 68.8 Å². The number of nitrogens with zero attached hydrogens (tertiary/aromatic N) is 6. The van der Waals surface area contributed by atoms with Crippen molar-refractivity contribution in [3.05, 3.63) is 42.5 Å². The molecule has 0 unspecified atom stereocenters. The first kappa shape index (κ1) is 23.8. The van der Waals surface area contributed by atoms with Gasteiger partial charge in [-0.2, -0.15) is 0 Å². The van der Waals surface area contributed by atoms with Crippen LogP contribution in [0.25, 0.3) is 11.0 Å². The van der Waals surface area contributed by atoms with E-state index in [2.05, 4.69) is 42.3 Å². The van der Waals surface area contributed by atoms with Crippen molar-refractivity contribution < 1.29 is 14.3 Å². The first-order valence-corrected chi connectivity index (χ1v) is 13.3. The van der Waals surface area contributed by atoms with E-state index in [9.17, 15) is 4.79 Å². The number of aromatic nitrogens is 4. The summed E-state index contributed by atoms with van der Waals surface area (Å²) >= 11 is 0. The maximum absolute atomic E-state index is 12.5. The number of benzene rings is 1. The maximum atomic E-state index is 12.5. The molecule has 0 radical (unpaired) electrons. The van der Waals surface area contributed by atoms with E-state index in [1.807, 2.05) is 4.90 Å². The molecule has 10 nitrogen and oxygen atoms in total. The van der Waals surface area contributed by atoms with Crippen molar-refractivity contribution in [3.63, 3.8) is 0 Å². The van der Waals surface area contributed by atoms with Crippen LogP contribution in [0.4, 0.5) is 11.6 Å². The van der Waals surface area contributed by atoms with Crippen LogP contribution in [-0.4, -0.2) is 82.3 Å². The lowest BCUT2D eigenvalue weighted by Gasteiger charge is -2.31. The monoisotopic (exact) mass is 503 g/mol. The Morgan fingerprint density at radius 1 is 0.919 bits per heavy atom. The SMILES string of the molecule is O=C(c1cnc(N[C@H]2CC[C@@H](Oc3cc(N4CCOCC4)cc4nccnc34)CC2)nc1)N1CCCC1. The van der Waals surface area contributed by atoms with Gasteiger partial charge in [0.1, 0.15) is 11.3 Å². The molecule has 4 heterocycles. The number of likely N-dealkylation sites (tertiary alicyclic amines) is 1. The van der Waals surface area contributed by atoms with Gasteiger partial charge in [0.15, 0.2) is 0 Å². The van der Waals surface area contributed by atoms with Gasteiger partial charge < -0.3 is 24.6 Å². The molecule has 1 aromatic carbocycles. The van der Waals surface area contributed by atoms with Gasteiger partial charge in [-0.25, -0.2) is 15.0 Å². The summed E-state index contributed by atoms with van der Waals surface area (Å²) in [4.78, 5) is 34.6. The number of hydrogen-bond donors (Lipinski definition) is 1. The molecule has 6 rings (SSSR count). The Hall–Kier alpha value is -3.53. The molecule has 0 bridgehead atoms. The summed E-state index contributed by atoms with van der Waals surface area (Å²) in [6.07, 6.45) is 12.7. The predicted molar refractivity (Wildman–Crippen MR) is 140 cm³/mol. The molecule has 1 saturated carbocycles. The third-order valence-electron chi connectivity index (χ3n) is 7.49. The Balaban J connectivity index is 1.07. The Morgan fingerprint density at radius 3 is 2.41 bits per heavy atom. The molecule has 2 aromatic heterocycles. The molecule has 1 aliphatic carbocycles. The van der Waals surface area contributed by atoms with E-state index in [4.69, 9.17) is 9.47 Å². The molecule has 3 aliphatic rings. The van der Waals surface area contributed by atoms with E-state index in [0.29, 0.717) is 11.5 Å². The van der Waals surface area contributed by atoms with Gasteiger partial charge in [-0.05, 0) is 44.6 Å². The highest BCUT2D eigenvalue weighted by atomic mass is 16.5. The van der Waals surface area contributed by atoms with Crippen LogP contribution in [0.3, 0.4) is 0 Å². The van der Waals surface area contributed by atoms with Gasteiger partial charge in [-0.1, -0.05) is 0 Å². The van der Waals surface area contributed by atoms with E-state index in [-0.39, 0.29) is 18.1 Å². The van der Waals surface area contributed by atoms with E-state index < -0.39 is 0 Å². The Bertz CT molecular complexity index is 1220. The topological polar surface area (TPSA) is 106 Å². The van der Waals surface area contributed by atoms with Crippen LogP contribution in [0.2, 0.25) is 0 Å². The van der Waals surface area contributed by atoms with Crippen molar-refractivity contribution in [2.45, 2.75) is 50.7 Å². The summed E-state index contributed by atoms with van der Waals surface area (Å²) in [6.45, 7) is 4.82. The molecular formula is C27H33N7O3. The van der Waals surface area contributed by atoms with Crippen molar-refractivity contribution in [1.82, 2.24) is 24.8 Å². The average Bonchev–Trinajstić information content (AvgIpc) is 3.50. The summed E-state index contributed by atoms with van der Waals surface area (Å²) < 4.78 is 12.0. The Kier molecular flexibility index (Phi) is 6.98. The number of rotatable bonds is 6. The quantitative estimate of drug-likeness (QED) is 0.542. The summed E-state index contributed by atoms with van der Waals surface area (Å²) in [5.41, 5.74) is 3.31. The molecular weight excluding hydrogens is 470 g/mol. The number of nitrogens with one attached hydrogen (secondary N) is 1. The van der Waals surface area contributed by atoms with Crippen molar-refractivity contribution in [2.75, 3.05) is 49.6 Å². The lowest BCUT2D eigenvalue weighted by molar-refractivity contribution is 0.0792. The summed E-state index contributed by atoms with van der Waals surface area (Å²) in [6, 6.07) is 4.47. The highest BCUT2D eigenvalue weighted by Crippen LogP contribution is 2.33. The number of carbonyl (C=O) groups excluding carboxylic acids is 1. The Labute approximate surface area is 216 Å². The van der Waals surface area contributed by atoms with E-state index in [0.717, 1.165) is 100 Å². The van der Waals surface area contributed by atoms with Crippen LogP contribution in [0.5, 0.6) is 5.75 Å². The van der Waals surface area contributed by atoms with Crippen LogP contribution < -0.4 is 15.0 Å². The van der Waals surface area contributed by atoms with Gasteiger partial charge in [0.25, 0.3) is 5.91 Å². The molecule has 3 fully saturated rings. The van der Waals surface area contributed by atoms with E-state index in [1.54, 1.807) is 24.8 Å². The minimum Gasteiger partial charge on any atom is -0.488 e. The highest BCUT2D eigenvalue weighted by molar-refractivity contribution is 5.93. The van der Waals surface area contributed by atoms with Crippen LogP contribution in [-0.2, 0) is 4.74 Å². The second-order valence-corrected chi connectivity index (χ2v) is 10.00. The lowest BCUT2D eigenvalue weighted by Crippen LogP contribution is -2.36. The summed E-state index contributed by atoms with van der Waals surface area (Å²) in [7, 11) is 0. The second-order valence-electron chi connectivity index (χ2n) is 10.00. The minimum absolute atomic E-state index is 0.0246. The molecule has 3 aromatic rings. The zero-order valence-corrected chi connectivity index (χ0v) is 21.0. The average molecular weight is 504 g/mol. The number of ether oxygens (including phenoxy) is 2. The van der Waals surface area contributed by atoms with Crippen molar-refractivity contribution in [3.8, 4) is 5.75 Å². The van der Waals surface area contributed by atoms with E-state index >= 15 is 0 Å². The number of morpholine rings is 1. The highest BCUT2D eigenvalue weighted by Gasteiger charge is 2.25. The van der Waals surface area contributed by atoms with Gasteiger partial charge in [0.2, 0.25) is 5.95 Å². The third kappa shape index (κ3) is 5.44. The van der Waals surface area contributed by atoms with Gasteiger partial charge in [-0.15, -0.1) is 0 Å². The number of hydrogen-bond acceptors (Lipinski definition) is 9. The first-order valence-electron chi connectivity index (χ1n) is 13.3. The fourth-order valence-corrected chi connectivity index (χ4v) is 5.43. The van der Waals surface area contributed by atoms with Crippen molar-refractivity contribution in [1.29, 1.82) is 0 Å². The first-order chi connectivity index (χ1) is 18.2. The predicted octanol–water partition coefficient (Wildman–Crippen LogP) is 3.29. The normalized spacial score (nSPS) is 22.3. The minimum atomic E-state index is 0.0246. The van der Waals surface area contributed by atoms with Crippen LogP contribution >= 0.6 is 0 Å². The molecule has 37 heavy (non-hydrogen) atoms. The summed E-state index contributed by atoms with van der Waals surface area (Å²) in [5.74, 6) is 1.39. The van der Waals surface area contributed by atoms with E-state index in [1.165, 1.54) is 0 Å². The van der Waals surface area contributed by atoms with Gasteiger partial charge in [-0.3, -0.25) is 9.78 Å². The number of anilines is 2. The molecule has 10 heteroatoms. The van der Waals surface area contributed by atoms with Gasteiger partial charge in [0.05, 0.1) is 30.4 Å². The number of carbonyl (C=O) groups is 1. The number of amides is 1. The van der Waals surface area contributed by atoms with Crippen LogP contribution in [0.15, 0.2) is 36.9 Å².